The minimum atomic E-state index is -4.50. The Hall–Kier alpha value is -3.26. The molecule has 3 aromatic rings. The van der Waals surface area contributed by atoms with Crippen LogP contribution in [-0.4, -0.2) is 17.4 Å². The zero-order valence-electron chi connectivity index (χ0n) is 20.6. The predicted octanol–water partition coefficient (Wildman–Crippen LogP) is 6.32. The van der Waals surface area contributed by atoms with Gasteiger partial charge in [-0.1, -0.05) is 62.4 Å². The van der Waals surface area contributed by atoms with E-state index in [1.807, 2.05) is 44.2 Å². The van der Waals surface area contributed by atoms with Crippen LogP contribution in [0.2, 0.25) is 0 Å². The summed E-state index contributed by atoms with van der Waals surface area (Å²) in [6, 6.07) is 15.4. The molecule has 3 rings (SSSR count). The first-order valence-corrected chi connectivity index (χ1v) is 11.9. The van der Waals surface area contributed by atoms with Crippen molar-refractivity contribution >= 4 is 5.91 Å². The molecular weight excluding hydrogens is 470 g/mol. The van der Waals surface area contributed by atoms with Crippen LogP contribution in [0.25, 0.3) is 0 Å². The Morgan fingerprint density at radius 3 is 2.31 bits per heavy atom. The van der Waals surface area contributed by atoms with Gasteiger partial charge in [-0.15, -0.1) is 0 Å². The van der Waals surface area contributed by atoms with E-state index in [4.69, 9.17) is 0 Å². The summed E-state index contributed by atoms with van der Waals surface area (Å²) in [5, 5.41) is 6.40. The molecule has 0 aliphatic rings. The molecule has 4 nitrogen and oxygen atoms in total. The number of aromatic nitrogens is 1. The Morgan fingerprint density at radius 1 is 1.00 bits per heavy atom. The number of hydrogen-bond acceptors (Lipinski definition) is 3. The van der Waals surface area contributed by atoms with E-state index < -0.39 is 17.9 Å². The van der Waals surface area contributed by atoms with Gasteiger partial charge in [-0.3, -0.25) is 15.1 Å². The fourth-order valence-corrected chi connectivity index (χ4v) is 3.86. The molecule has 0 bridgehead atoms. The van der Waals surface area contributed by atoms with Crippen molar-refractivity contribution in [3.8, 4) is 0 Å². The summed E-state index contributed by atoms with van der Waals surface area (Å²) in [7, 11) is 0. The van der Waals surface area contributed by atoms with E-state index in [-0.39, 0.29) is 23.7 Å². The third-order valence-electron chi connectivity index (χ3n) is 5.87. The Bertz CT molecular complexity index is 1130. The number of carbonyl (C=O) groups is 1. The molecule has 0 aliphatic heterocycles. The number of aryl methyl sites for hydroxylation is 2. The molecule has 36 heavy (non-hydrogen) atoms. The highest BCUT2D eigenvalue weighted by atomic mass is 19.4. The van der Waals surface area contributed by atoms with Crippen LogP contribution in [0.4, 0.5) is 17.6 Å². The molecule has 2 atom stereocenters. The Balaban J connectivity index is 1.88. The van der Waals surface area contributed by atoms with Gasteiger partial charge in [-0.05, 0) is 60.1 Å². The monoisotopic (exact) mass is 501 g/mol. The average molecular weight is 502 g/mol. The second-order valence-electron chi connectivity index (χ2n) is 9.30. The van der Waals surface area contributed by atoms with Crippen LogP contribution in [0.5, 0.6) is 0 Å². The smallest absolute Gasteiger partial charge is 0.354 e. The second-order valence-corrected chi connectivity index (χ2v) is 9.30. The van der Waals surface area contributed by atoms with E-state index in [1.54, 1.807) is 19.1 Å². The second kappa shape index (κ2) is 12.1. The first-order chi connectivity index (χ1) is 17.0. The summed E-state index contributed by atoms with van der Waals surface area (Å²) in [6.45, 7) is 6.20. The number of nitrogens with one attached hydrogen (secondary N) is 2. The molecule has 1 aromatic heterocycles. The van der Waals surface area contributed by atoms with Crippen LogP contribution in [0.15, 0.2) is 66.9 Å². The molecule has 1 heterocycles. The molecular formula is C28H31F4N3O. The zero-order chi connectivity index (χ0) is 26.3. The van der Waals surface area contributed by atoms with Crippen molar-refractivity contribution in [3.63, 3.8) is 0 Å². The molecule has 0 saturated carbocycles. The van der Waals surface area contributed by atoms with Crippen LogP contribution >= 0.6 is 0 Å². The number of alkyl halides is 3. The van der Waals surface area contributed by atoms with Crippen LogP contribution in [0.1, 0.15) is 60.3 Å². The van der Waals surface area contributed by atoms with E-state index >= 15 is 0 Å². The quantitative estimate of drug-likeness (QED) is 0.320. The third-order valence-corrected chi connectivity index (χ3v) is 5.87. The van der Waals surface area contributed by atoms with Gasteiger partial charge in [0.05, 0.1) is 0 Å². The molecule has 0 aliphatic carbocycles. The SMILES string of the molecule is Cc1cc([C@H](CCc2ccc(C(F)(F)F)nc2)N[C@@H](C(=O)NCC(C)C)c2ccccc2)ccc1F. The lowest BCUT2D eigenvalue weighted by Gasteiger charge is -2.27. The van der Waals surface area contributed by atoms with Gasteiger partial charge in [0.1, 0.15) is 17.6 Å². The summed E-state index contributed by atoms with van der Waals surface area (Å²) in [5.41, 5.74) is 1.72. The number of pyridine rings is 1. The van der Waals surface area contributed by atoms with Gasteiger partial charge in [0.2, 0.25) is 5.91 Å². The number of hydrogen-bond donors (Lipinski definition) is 2. The number of amides is 1. The molecule has 0 fully saturated rings. The lowest BCUT2D eigenvalue weighted by Crippen LogP contribution is -2.40. The van der Waals surface area contributed by atoms with Crippen molar-refractivity contribution in [1.29, 1.82) is 0 Å². The number of rotatable bonds is 10. The van der Waals surface area contributed by atoms with Gasteiger partial charge < -0.3 is 5.32 Å². The van der Waals surface area contributed by atoms with E-state index in [0.717, 1.165) is 17.2 Å². The van der Waals surface area contributed by atoms with Crippen molar-refractivity contribution in [3.05, 3.63) is 101 Å². The van der Waals surface area contributed by atoms with Gasteiger partial charge in [0.15, 0.2) is 0 Å². The topological polar surface area (TPSA) is 54.0 Å². The molecule has 8 heteroatoms. The molecule has 0 unspecified atom stereocenters. The van der Waals surface area contributed by atoms with E-state index in [1.165, 1.54) is 18.3 Å². The lowest BCUT2D eigenvalue weighted by molar-refractivity contribution is -0.141. The van der Waals surface area contributed by atoms with Crippen molar-refractivity contribution < 1.29 is 22.4 Å². The Kier molecular flexibility index (Phi) is 9.20. The molecule has 0 saturated heterocycles. The van der Waals surface area contributed by atoms with Gasteiger partial charge in [-0.25, -0.2) is 4.39 Å². The predicted molar refractivity (Wildman–Crippen MR) is 132 cm³/mol. The highest BCUT2D eigenvalue weighted by Gasteiger charge is 2.32. The van der Waals surface area contributed by atoms with Crippen molar-refractivity contribution in [1.82, 2.24) is 15.6 Å². The van der Waals surface area contributed by atoms with Crippen LogP contribution in [0.3, 0.4) is 0 Å². The molecule has 0 radical (unpaired) electrons. The highest BCUT2D eigenvalue weighted by Crippen LogP contribution is 2.29. The van der Waals surface area contributed by atoms with Gasteiger partial charge in [0, 0.05) is 18.8 Å². The zero-order valence-corrected chi connectivity index (χ0v) is 20.6. The summed E-state index contributed by atoms with van der Waals surface area (Å²) in [6.07, 6.45) is -2.41. The summed E-state index contributed by atoms with van der Waals surface area (Å²) < 4.78 is 52.6. The van der Waals surface area contributed by atoms with Crippen molar-refractivity contribution in [2.45, 2.75) is 51.9 Å². The maximum Gasteiger partial charge on any atom is 0.433 e. The maximum absolute atomic E-state index is 14.0. The van der Waals surface area contributed by atoms with Gasteiger partial charge >= 0.3 is 6.18 Å². The number of benzene rings is 2. The summed E-state index contributed by atoms with van der Waals surface area (Å²) >= 11 is 0. The molecule has 1 amide bonds. The Labute approximate surface area is 209 Å². The van der Waals surface area contributed by atoms with Crippen LogP contribution in [-0.2, 0) is 17.4 Å². The minimum absolute atomic E-state index is 0.185. The molecule has 192 valence electrons. The maximum atomic E-state index is 14.0. The van der Waals surface area contributed by atoms with E-state index in [2.05, 4.69) is 15.6 Å². The fraction of sp³-hybridized carbons (Fsp3) is 0.357. The minimum Gasteiger partial charge on any atom is -0.354 e. The molecule has 2 N–H and O–H groups in total. The molecule has 2 aromatic carbocycles. The summed E-state index contributed by atoms with van der Waals surface area (Å²) in [5.74, 6) is -0.248. The lowest BCUT2D eigenvalue weighted by atomic mass is 9.95. The number of carbonyl (C=O) groups excluding carboxylic acids is 1. The van der Waals surface area contributed by atoms with Gasteiger partial charge in [0.25, 0.3) is 0 Å². The number of halogens is 4. The fourth-order valence-electron chi connectivity index (χ4n) is 3.86. The third kappa shape index (κ3) is 7.62. The highest BCUT2D eigenvalue weighted by molar-refractivity contribution is 5.83. The van der Waals surface area contributed by atoms with E-state index in [0.29, 0.717) is 30.5 Å². The largest absolute Gasteiger partial charge is 0.433 e. The normalized spacial score (nSPS) is 13.4. The standard InChI is InChI=1S/C28H31F4N3O/c1-18(2)16-34-27(36)26(21-7-5-4-6-8-21)35-24(22-11-12-23(29)19(3)15-22)13-9-20-10-14-25(33-17-20)28(30,31)32/h4-8,10-12,14-15,17-18,24,26,35H,9,13,16H2,1-3H3,(H,34,36)/t24-,26+/m0/s1. The van der Waals surface area contributed by atoms with Crippen LogP contribution < -0.4 is 10.6 Å². The first-order valence-electron chi connectivity index (χ1n) is 11.9. The van der Waals surface area contributed by atoms with Crippen LogP contribution in [0, 0.1) is 18.7 Å². The molecule has 0 spiro atoms. The van der Waals surface area contributed by atoms with Crippen molar-refractivity contribution in [2.24, 2.45) is 5.92 Å². The average Bonchev–Trinajstić information content (AvgIpc) is 2.84. The Morgan fingerprint density at radius 2 is 1.72 bits per heavy atom. The van der Waals surface area contributed by atoms with Gasteiger partial charge in [-0.2, -0.15) is 13.2 Å². The first kappa shape index (κ1) is 27.3. The van der Waals surface area contributed by atoms with Crippen molar-refractivity contribution in [2.75, 3.05) is 6.54 Å². The summed E-state index contributed by atoms with van der Waals surface area (Å²) in [4.78, 5) is 16.7. The number of nitrogens with zero attached hydrogens (tertiary/aromatic N) is 1. The van der Waals surface area contributed by atoms with E-state index in [9.17, 15) is 22.4 Å².